The first-order valence-corrected chi connectivity index (χ1v) is 7.10. The monoisotopic (exact) mass is 280 g/mol. The van der Waals surface area contributed by atoms with Crippen LogP contribution in [0.1, 0.15) is 11.1 Å². The Labute approximate surface area is 122 Å². The van der Waals surface area contributed by atoms with E-state index in [1.165, 1.54) is 11.1 Å². The van der Waals surface area contributed by atoms with Crippen LogP contribution in [0.2, 0.25) is 0 Å². The summed E-state index contributed by atoms with van der Waals surface area (Å²) in [5.41, 5.74) is 3.38. The van der Waals surface area contributed by atoms with E-state index < -0.39 is 0 Å². The fourth-order valence-electron chi connectivity index (χ4n) is 2.73. The highest BCUT2D eigenvalue weighted by Crippen LogP contribution is 2.23. The van der Waals surface area contributed by atoms with Crippen molar-refractivity contribution in [2.45, 2.75) is 13.1 Å². The SMILES string of the molecule is c1ccc2c(c1)CN(Cc1ccn3ncnc3c1)CCO2. The van der Waals surface area contributed by atoms with Crippen LogP contribution < -0.4 is 4.74 Å². The van der Waals surface area contributed by atoms with E-state index in [1.54, 1.807) is 10.8 Å². The Kier molecular flexibility index (Phi) is 3.05. The molecule has 0 unspecified atom stereocenters. The highest BCUT2D eigenvalue weighted by Gasteiger charge is 2.15. The zero-order chi connectivity index (χ0) is 14.1. The summed E-state index contributed by atoms with van der Waals surface area (Å²) in [7, 11) is 0. The molecule has 21 heavy (non-hydrogen) atoms. The zero-order valence-corrected chi connectivity index (χ0v) is 11.6. The van der Waals surface area contributed by atoms with Gasteiger partial charge in [-0.2, -0.15) is 5.10 Å². The molecule has 1 aliphatic rings. The van der Waals surface area contributed by atoms with Crippen molar-refractivity contribution in [1.29, 1.82) is 0 Å². The second-order valence-electron chi connectivity index (χ2n) is 5.26. The maximum absolute atomic E-state index is 5.81. The van der Waals surface area contributed by atoms with E-state index in [9.17, 15) is 0 Å². The molecule has 3 aromatic rings. The van der Waals surface area contributed by atoms with E-state index in [0.29, 0.717) is 0 Å². The molecule has 0 aliphatic carbocycles. The summed E-state index contributed by atoms with van der Waals surface area (Å²) in [5.74, 6) is 1.01. The summed E-state index contributed by atoms with van der Waals surface area (Å²) >= 11 is 0. The summed E-state index contributed by atoms with van der Waals surface area (Å²) in [5, 5.41) is 4.12. The molecule has 106 valence electrons. The Morgan fingerprint density at radius 3 is 3.14 bits per heavy atom. The van der Waals surface area contributed by atoms with Crippen LogP contribution in [0.25, 0.3) is 5.65 Å². The van der Waals surface area contributed by atoms with Crippen molar-refractivity contribution in [3.8, 4) is 5.75 Å². The maximum Gasteiger partial charge on any atom is 0.155 e. The van der Waals surface area contributed by atoms with Gasteiger partial charge in [-0.1, -0.05) is 18.2 Å². The summed E-state index contributed by atoms with van der Waals surface area (Å²) in [6, 6.07) is 12.4. The Balaban J connectivity index is 1.56. The number of ether oxygens (including phenoxy) is 1. The number of hydrogen-bond acceptors (Lipinski definition) is 4. The molecule has 3 heterocycles. The first-order chi connectivity index (χ1) is 10.4. The maximum atomic E-state index is 5.81. The third-order valence-corrected chi connectivity index (χ3v) is 3.78. The topological polar surface area (TPSA) is 42.7 Å². The molecule has 5 nitrogen and oxygen atoms in total. The average Bonchev–Trinajstić information content (AvgIpc) is 2.87. The van der Waals surface area contributed by atoms with Crippen LogP contribution in [0.15, 0.2) is 48.9 Å². The molecule has 0 N–H and O–H groups in total. The molecular formula is C16H16N4O. The number of para-hydroxylation sites is 1. The molecular weight excluding hydrogens is 264 g/mol. The molecule has 0 amide bonds. The standard InChI is InChI=1S/C16H16N4O/c1-2-4-15-14(3-1)11-19(7-8-21-15)10-13-5-6-20-16(9-13)17-12-18-20/h1-6,9,12H,7-8,10-11H2. The number of fused-ring (bicyclic) bond motifs is 2. The van der Waals surface area contributed by atoms with Crippen LogP contribution >= 0.6 is 0 Å². The van der Waals surface area contributed by atoms with Crippen molar-refractivity contribution in [3.05, 3.63) is 60.0 Å². The molecule has 0 radical (unpaired) electrons. The van der Waals surface area contributed by atoms with Gasteiger partial charge in [-0.05, 0) is 23.8 Å². The second-order valence-corrected chi connectivity index (χ2v) is 5.26. The molecule has 4 rings (SSSR count). The minimum absolute atomic E-state index is 0.726. The number of hydrogen-bond donors (Lipinski definition) is 0. The second kappa shape index (κ2) is 5.18. The zero-order valence-electron chi connectivity index (χ0n) is 11.6. The molecule has 1 aromatic carbocycles. The minimum atomic E-state index is 0.726. The molecule has 0 bridgehead atoms. The number of rotatable bonds is 2. The first kappa shape index (κ1) is 12.3. The highest BCUT2D eigenvalue weighted by atomic mass is 16.5. The number of benzene rings is 1. The summed E-state index contributed by atoms with van der Waals surface area (Å²) < 4.78 is 7.59. The quantitative estimate of drug-likeness (QED) is 0.721. The van der Waals surface area contributed by atoms with Crippen LogP contribution in [0.4, 0.5) is 0 Å². The smallest absolute Gasteiger partial charge is 0.155 e. The Morgan fingerprint density at radius 2 is 2.14 bits per heavy atom. The molecule has 0 spiro atoms. The van der Waals surface area contributed by atoms with E-state index >= 15 is 0 Å². The molecule has 1 aliphatic heterocycles. The van der Waals surface area contributed by atoms with Gasteiger partial charge >= 0.3 is 0 Å². The lowest BCUT2D eigenvalue weighted by Gasteiger charge is -2.19. The molecule has 5 heteroatoms. The molecule has 0 fully saturated rings. The van der Waals surface area contributed by atoms with Crippen LogP contribution in [0.3, 0.4) is 0 Å². The minimum Gasteiger partial charge on any atom is -0.492 e. The van der Waals surface area contributed by atoms with Crippen molar-refractivity contribution in [2.24, 2.45) is 0 Å². The van der Waals surface area contributed by atoms with Gasteiger partial charge in [-0.15, -0.1) is 0 Å². The van der Waals surface area contributed by atoms with Crippen molar-refractivity contribution >= 4 is 5.65 Å². The number of aromatic nitrogens is 3. The van der Waals surface area contributed by atoms with E-state index in [0.717, 1.165) is 37.6 Å². The van der Waals surface area contributed by atoms with Gasteiger partial charge in [-0.25, -0.2) is 9.50 Å². The van der Waals surface area contributed by atoms with E-state index in [-0.39, 0.29) is 0 Å². The Bertz CT molecular complexity index is 768. The lowest BCUT2D eigenvalue weighted by Crippen LogP contribution is -2.25. The molecule has 0 saturated heterocycles. The van der Waals surface area contributed by atoms with E-state index in [2.05, 4.69) is 39.2 Å². The molecule has 0 atom stereocenters. The van der Waals surface area contributed by atoms with Gasteiger partial charge in [0.1, 0.15) is 18.7 Å². The van der Waals surface area contributed by atoms with Gasteiger partial charge in [0.25, 0.3) is 0 Å². The fourth-order valence-corrected chi connectivity index (χ4v) is 2.73. The first-order valence-electron chi connectivity index (χ1n) is 7.10. The van der Waals surface area contributed by atoms with Gasteiger partial charge < -0.3 is 4.74 Å². The molecule has 2 aromatic heterocycles. The van der Waals surface area contributed by atoms with Crippen molar-refractivity contribution in [2.75, 3.05) is 13.2 Å². The summed E-state index contributed by atoms with van der Waals surface area (Å²) in [6.45, 7) is 3.45. The van der Waals surface area contributed by atoms with Gasteiger partial charge in [-0.3, -0.25) is 4.90 Å². The summed E-state index contributed by atoms with van der Waals surface area (Å²) in [4.78, 5) is 6.63. The largest absolute Gasteiger partial charge is 0.492 e. The van der Waals surface area contributed by atoms with Gasteiger partial charge in [0.05, 0.1) is 0 Å². The highest BCUT2D eigenvalue weighted by molar-refractivity contribution is 5.39. The van der Waals surface area contributed by atoms with Crippen molar-refractivity contribution < 1.29 is 4.74 Å². The third-order valence-electron chi connectivity index (χ3n) is 3.78. The van der Waals surface area contributed by atoms with Crippen LogP contribution in [0, 0.1) is 0 Å². The Hall–Kier alpha value is -2.40. The van der Waals surface area contributed by atoms with Crippen molar-refractivity contribution in [1.82, 2.24) is 19.5 Å². The fraction of sp³-hybridized carbons (Fsp3) is 0.250. The van der Waals surface area contributed by atoms with Crippen molar-refractivity contribution in [3.63, 3.8) is 0 Å². The predicted octanol–water partition coefficient (Wildman–Crippen LogP) is 2.12. The van der Waals surface area contributed by atoms with Gasteiger partial charge in [0, 0.05) is 31.4 Å². The van der Waals surface area contributed by atoms with Crippen LogP contribution in [-0.4, -0.2) is 32.6 Å². The number of pyridine rings is 1. The lowest BCUT2D eigenvalue weighted by atomic mass is 10.2. The molecule has 0 saturated carbocycles. The Morgan fingerprint density at radius 1 is 1.19 bits per heavy atom. The third kappa shape index (κ3) is 2.48. The number of nitrogens with zero attached hydrogens (tertiary/aromatic N) is 4. The van der Waals surface area contributed by atoms with Crippen LogP contribution in [0.5, 0.6) is 5.75 Å². The predicted molar refractivity (Wildman–Crippen MR) is 79.0 cm³/mol. The lowest BCUT2D eigenvalue weighted by molar-refractivity contribution is 0.219. The van der Waals surface area contributed by atoms with E-state index in [1.807, 2.05) is 18.3 Å². The van der Waals surface area contributed by atoms with Gasteiger partial charge in [0.15, 0.2) is 5.65 Å². The average molecular weight is 280 g/mol. The summed E-state index contributed by atoms with van der Waals surface area (Å²) in [6.07, 6.45) is 3.54. The normalized spacial score (nSPS) is 15.4. The van der Waals surface area contributed by atoms with Gasteiger partial charge in [0.2, 0.25) is 0 Å². The van der Waals surface area contributed by atoms with E-state index in [4.69, 9.17) is 4.74 Å². The van der Waals surface area contributed by atoms with Crippen LogP contribution in [-0.2, 0) is 13.1 Å².